The third-order valence-electron chi connectivity index (χ3n) is 4.13. The van der Waals surface area contributed by atoms with Gasteiger partial charge in [-0.25, -0.2) is 0 Å². The molecule has 0 N–H and O–H groups in total. The van der Waals surface area contributed by atoms with E-state index in [0.29, 0.717) is 5.92 Å². The van der Waals surface area contributed by atoms with Crippen molar-refractivity contribution in [1.82, 2.24) is 0 Å². The van der Waals surface area contributed by atoms with Crippen LogP contribution in [-0.4, -0.2) is 8.80 Å². The van der Waals surface area contributed by atoms with Crippen molar-refractivity contribution in [2.45, 2.75) is 32.4 Å². The molecule has 1 aromatic carbocycles. The lowest BCUT2D eigenvalue weighted by molar-refractivity contribution is 0.960. The SMILES string of the molecule is CC1=C(C2C=Cc3ccccc32)CC=C1[Si](C)C. The van der Waals surface area contributed by atoms with Crippen LogP contribution in [-0.2, 0) is 0 Å². The van der Waals surface area contributed by atoms with Crippen molar-refractivity contribution >= 4 is 14.9 Å². The van der Waals surface area contributed by atoms with Gasteiger partial charge in [0, 0.05) is 5.92 Å². The molecular weight excluding hydrogens is 232 g/mol. The Balaban J connectivity index is 1.98. The summed E-state index contributed by atoms with van der Waals surface area (Å²) in [5, 5.41) is 1.65. The highest BCUT2D eigenvalue weighted by atomic mass is 28.3. The highest BCUT2D eigenvalue weighted by Crippen LogP contribution is 2.42. The number of benzene rings is 1. The Kier molecular flexibility index (Phi) is 2.87. The van der Waals surface area contributed by atoms with Crippen LogP contribution in [0.4, 0.5) is 0 Å². The summed E-state index contributed by atoms with van der Waals surface area (Å²) >= 11 is 0. The van der Waals surface area contributed by atoms with Gasteiger partial charge in [0.25, 0.3) is 0 Å². The largest absolute Gasteiger partial charge is 0.0812 e. The zero-order valence-electron chi connectivity index (χ0n) is 11.3. The van der Waals surface area contributed by atoms with E-state index >= 15 is 0 Å². The maximum atomic E-state index is 2.47. The zero-order chi connectivity index (χ0) is 12.7. The molecule has 1 radical (unpaired) electrons. The van der Waals surface area contributed by atoms with Crippen molar-refractivity contribution < 1.29 is 0 Å². The van der Waals surface area contributed by atoms with Crippen LogP contribution < -0.4 is 0 Å². The maximum absolute atomic E-state index is 2.47. The van der Waals surface area contributed by atoms with Crippen LogP contribution in [0.5, 0.6) is 0 Å². The summed E-state index contributed by atoms with van der Waals surface area (Å²) in [5.74, 6) is 0.524. The van der Waals surface area contributed by atoms with Crippen LogP contribution >= 0.6 is 0 Å². The van der Waals surface area contributed by atoms with Gasteiger partial charge >= 0.3 is 0 Å². The van der Waals surface area contributed by atoms with Crippen molar-refractivity contribution in [3.63, 3.8) is 0 Å². The molecule has 1 atom stereocenters. The second-order valence-electron chi connectivity index (χ2n) is 5.44. The molecule has 3 rings (SSSR count). The first-order valence-electron chi connectivity index (χ1n) is 6.66. The number of allylic oxidation sites excluding steroid dienone is 5. The van der Waals surface area contributed by atoms with E-state index in [1.165, 1.54) is 11.1 Å². The second-order valence-corrected chi connectivity index (χ2v) is 7.98. The molecule has 0 heterocycles. The van der Waals surface area contributed by atoms with E-state index in [0.717, 1.165) is 6.42 Å². The molecule has 91 valence electrons. The van der Waals surface area contributed by atoms with Crippen LogP contribution in [0.25, 0.3) is 6.08 Å². The van der Waals surface area contributed by atoms with Gasteiger partial charge in [-0.2, -0.15) is 0 Å². The predicted molar refractivity (Wildman–Crippen MR) is 81.1 cm³/mol. The molecule has 2 aliphatic carbocycles. The molecule has 0 fully saturated rings. The molecule has 0 saturated carbocycles. The minimum absolute atomic E-state index is 0.320. The first kappa shape index (κ1) is 11.7. The molecule has 1 unspecified atom stereocenters. The Bertz CT molecular complexity index is 573. The van der Waals surface area contributed by atoms with Crippen LogP contribution in [0, 0.1) is 0 Å². The highest BCUT2D eigenvalue weighted by molar-refractivity contribution is 6.65. The molecule has 0 aromatic heterocycles. The summed E-state index contributed by atoms with van der Waals surface area (Å²) in [6.07, 6.45) is 8.27. The zero-order valence-corrected chi connectivity index (χ0v) is 12.3. The molecule has 18 heavy (non-hydrogen) atoms. The summed E-state index contributed by atoms with van der Waals surface area (Å²) in [5.41, 5.74) is 6.08. The summed E-state index contributed by atoms with van der Waals surface area (Å²) in [6.45, 7) is 7.10. The van der Waals surface area contributed by atoms with Gasteiger partial charge in [-0.3, -0.25) is 0 Å². The normalized spacial score (nSPS) is 21.8. The van der Waals surface area contributed by atoms with Crippen molar-refractivity contribution in [1.29, 1.82) is 0 Å². The van der Waals surface area contributed by atoms with Crippen molar-refractivity contribution in [2.24, 2.45) is 0 Å². The Labute approximate surface area is 111 Å². The van der Waals surface area contributed by atoms with Crippen LogP contribution in [0.2, 0.25) is 13.1 Å². The molecule has 0 nitrogen and oxygen atoms in total. The van der Waals surface area contributed by atoms with E-state index in [4.69, 9.17) is 0 Å². The van der Waals surface area contributed by atoms with E-state index in [2.05, 4.69) is 62.5 Å². The van der Waals surface area contributed by atoms with E-state index in [-0.39, 0.29) is 8.80 Å². The Hall–Kier alpha value is -1.34. The topological polar surface area (TPSA) is 0 Å². The van der Waals surface area contributed by atoms with Gasteiger partial charge in [0.05, 0.1) is 8.80 Å². The van der Waals surface area contributed by atoms with Gasteiger partial charge in [-0.05, 0) is 24.5 Å². The third kappa shape index (κ3) is 1.74. The fourth-order valence-electron chi connectivity index (χ4n) is 3.18. The van der Waals surface area contributed by atoms with E-state index in [9.17, 15) is 0 Å². The van der Waals surface area contributed by atoms with Crippen molar-refractivity contribution in [2.75, 3.05) is 0 Å². The van der Waals surface area contributed by atoms with Crippen molar-refractivity contribution in [3.05, 3.63) is 63.9 Å². The van der Waals surface area contributed by atoms with Gasteiger partial charge in [-0.1, -0.05) is 71.9 Å². The van der Waals surface area contributed by atoms with E-state index in [1.54, 1.807) is 16.3 Å². The highest BCUT2D eigenvalue weighted by Gasteiger charge is 2.26. The summed E-state index contributed by atoms with van der Waals surface area (Å²) in [6, 6.07) is 8.79. The smallest absolute Gasteiger partial charge is 0.0791 e. The number of hydrogen-bond acceptors (Lipinski definition) is 0. The van der Waals surface area contributed by atoms with Crippen molar-refractivity contribution in [3.8, 4) is 0 Å². The third-order valence-corrected chi connectivity index (χ3v) is 5.78. The first-order valence-corrected chi connectivity index (χ1v) is 9.16. The Morgan fingerprint density at radius 3 is 2.67 bits per heavy atom. The molecule has 0 bridgehead atoms. The van der Waals surface area contributed by atoms with Gasteiger partial charge < -0.3 is 0 Å². The molecule has 1 heteroatoms. The van der Waals surface area contributed by atoms with Gasteiger partial charge in [0.15, 0.2) is 0 Å². The number of rotatable bonds is 2. The number of fused-ring (bicyclic) bond motifs is 1. The number of hydrogen-bond donors (Lipinski definition) is 0. The lowest BCUT2D eigenvalue weighted by Crippen LogP contribution is -2.06. The first-order chi connectivity index (χ1) is 8.68. The van der Waals surface area contributed by atoms with Gasteiger partial charge in [-0.15, -0.1) is 0 Å². The summed E-state index contributed by atoms with van der Waals surface area (Å²) < 4.78 is 0. The molecular formula is C17H19Si. The molecule has 2 aliphatic rings. The molecule has 0 saturated heterocycles. The quantitative estimate of drug-likeness (QED) is 0.666. The van der Waals surface area contributed by atoms with Gasteiger partial charge in [0.1, 0.15) is 0 Å². The van der Waals surface area contributed by atoms with E-state index < -0.39 is 0 Å². The fourth-order valence-corrected chi connectivity index (χ4v) is 4.60. The molecule has 0 aliphatic heterocycles. The second kappa shape index (κ2) is 4.40. The Morgan fingerprint density at radius 1 is 1.17 bits per heavy atom. The minimum atomic E-state index is -0.320. The maximum Gasteiger partial charge on any atom is 0.0791 e. The average molecular weight is 251 g/mol. The summed E-state index contributed by atoms with van der Waals surface area (Å²) in [7, 11) is -0.320. The molecule has 0 amide bonds. The molecule has 1 aromatic rings. The standard InChI is InChI=1S/C17H19Si/c1-12-14(10-11-17(12)18(2)3)16-9-8-13-6-4-5-7-15(13)16/h4-9,11,16H,10H2,1-3H3. The molecule has 0 spiro atoms. The van der Waals surface area contributed by atoms with Crippen LogP contribution in [0.3, 0.4) is 0 Å². The summed E-state index contributed by atoms with van der Waals surface area (Å²) in [4.78, 5) is 0. The minimum Gasteiger partial charge on any atom is -0.0812 e. The average Bonchev–Trinajstić information content (AvgIpc) is 2.92. The lowest BCUT2D eigenvalue weighted by atomic mass is 9.90. The Morgan fingerprint density at radius 2 is 1.94 bits per heavy atom. The van der Waals surface area contributed by atoms with Crippen LogP contribution in [0.1, 0.15) is 30.4 Å². The van der Waals surface area contributed by atoms with Gasteiger partial charge in [0.2, 0.25) is 0 Å². The van der Waals surface area contributed by atoms with E-state index in [1.807, 2.05) is 0 Å². The fraction of sp³-hybridized carbons (Fsp3) is 0.294. The predicted octanol–water partition coefficient (Wildman–Crippen LogP) is 4.74. The lowest BCUT2D eigenvalue weighted by Gasteiger charge is -2.15. The monoisotopic (exact) mass is 251 g/mol. The van der Waals surface area contributed by atoms with Crippen LogP contribution in [0.15, 0.2) is 52.8 Å².